The van der Waals surface area contributed by atoms with E-state index in [4.69, 9.17) is 15.2 Å². The zero-order valence-corrected chi connectivity index (χ0v) is 17.9. The van der Waals surface area contributed by atoms with E-state index < -0.39 is 0 Å². The van der Waals surface area contributed by atoms with Crippen molar-refractivity contribution in [2.45, 2.75) is 13.2 Å². The summed E-state index contributed by atoms with van der Waals surface area (Å²) in [6, 6.07) is 21.2. The summed E-state index contributed by atoms with van der Waals surface area (Å²) in [5.41, 5.74) is 8.77. The molecular weight excluding hydrogens is 467 g/mol. The van der Waals surface area contributed by atoms with E-state index in [1.165, 1.54) is 0 Å². The number of aromatic nitrogens is 1. The van der Waals surface area contributed by atoms with Gasteiger partial charge in [-0.15, -0.1) is 24.0 Å². The van der Waals surface area contributed by atoms with Crippen LogP contribution in [0.3, 0.4) is 0 Å². The molecule has 0 unspecified atom stereocenters. The minimum Gasteiger partial charge on any atom is -0.497 e. The van der Waals surface area contributed by atoms with E-state index in [-0.39, 0.29) is 24.0 Å². The second-order valence-electron chi connectivity index (χ2n) is 5.80. The number of guanidine groups is 1. The predicted octanol–water partition coefficient (Wildman–Crippen LogP) is 4.21. The first kappa shape index (κ1) is 21.5. The molecule has 0 aliphatic rings. The van der Waals surface area contributed by atoms with Crippen LogP contribution in [0.15, 0.2) is 77.9 Å². The van der Waals surface area contributed by atoms with Crippen molar-refractivity contribution in [3.63, 3.8) is 0 Å². The average Bonchev–Trinajstić information content (AvgIpc) is 2.72. The Kier molecular flexibility index (Phi) is 8.54. The number of pyridine rings is 1. The normalized spacial score (nSPS) is 10.7. The fourth-order valence-electron chi connectivity index (χ4n) is 2.43. The van der Waals surface area contributed by atoms with Gasteiger partial charge in [0.25, 0.3) is 0 Å². The van der Waals surface area contributed by atoms with Gasteiger partial charge in [-0.25, -0.2) is 9.98 Å². The fourth-order valence-corrected chi connectivity index (χ4v) is 2.43. The number of rotatable bonds is 7. The molecule has 3 N–H and O–H groups in total. The van der Waals surface area contributed by atoms with Crippen molar-refractivity contribution in [1.82, 2.24) is 4.98 Å². The molecule has 0 saturated carbocycles. The third-order valence-electron chi connectivity index (χ3n) is 3.85. The number of benzene rings is 2. The maximum Gasteiger partial charge on any atom is 0.218 e. The van der Waals surface area contributed by atoms with Crippen molar-refractivity contribution in [3.8, 4) is 11.6 Å². The minimum absolute atomic E-state index is 0. The lowest BCUT2D eigenvalue weighted by atomic mass is 10.2. The number of hydrogen-bond acceptors (Lipinski definition) is 4. The van der Waals surface area contributed by atoms with Crippen molar-refractivity contribution in [1.29, 1.82) is 0 Å². The molecule has 2 aromatic carbocycles. The van der Waals surface area contributed by atoms with Crippen LogP contribution in [-0.4, -0.2) is 18.1 Å². The third kappa shape index (κ3) is 6.41. The summed E-state index contributed by atoms with van der Waals surface area (Å²) in [5.74, 6) is 1.66. The Hall–Kier alpha value is -2.81. The molecule has 7 heteroatoms. The third-order valence-corrected chi connectivity index (χ3v) is 3.85. The molecule has 6 nitrogen and oxygen atoms in total. The summed E-state index contributed by atoms with van der Waals surface area (Å²) in [7, 11) is 1.63. The van der Waals surface area contributed by atoms with Crippen molar-refractivity contribution in [2.75, 3.05) is 12.4 Å². The van der Waals surface area contributed by atoms with Crippen LogP contribution < -0.4 is 20.5 Å². The van der Waals surface area contributed by atoms with E-state index in [1.807, 2.05) is 66.7 Å². The first-order valence-electron chi connectivity index (χ1n) is 8.56. The Morgan fingerprint density at radius 2 is 1.79 bits per heavy atom. The first-order valence-corrected chi connectivity index (χ1v) is 8.56. The molecule has 3 aromatic rings. The van der Waals surface area contributed by atoms with E-state index >= 15 is 0 Å². The van der Waals surface area contributed by atoms with Crippen molar-refractivity contribution in [2.24, 2.45) is 10.7 Å². The topological polar surface area (TPSA) is 81.8 Å². The number of hydrogen-bond donors (Lipinski definition) is 2. The molecule has 0 aliphatic carbocycles. The summed E-state index contributed by atoms with van der Waals surface area (Å²) >= 11 is 0. The SMILES string of the molecule is COc1ccc(NC(N)=NCc2cccnc2OCc2ccccc2)cc1.I. The van der Waals surface area contributed by atoms with Gasteiger partial charge in [0.15, 0.2) is 5.96 Å². The zero-order valence-electron chi connectivity index (χ0n) is 15.5. The fraction of sp³-hybridized carbons (Fsp3) is 0.143. The number of halogens is 1. The Bertz CT molecular complexity index is 886. The lowest BCUT2D eigenvalue weighted by Crippen LogP contribution is -2.22. The van der Waals surface area contributed by atoms with E-state index in [2.05, 4.69) is 15.3 Å². The standard InChI is InChI=1S/C21H22N4O2.HI/c1-26-19-11-9-18(10-12-19)25-21(22)24-14-17-8-5-13-23-20(17)27-15-16-6-3-2-4-7-16;/h2-13H,14-15H2,1H3,(H3,22,24,25);1H. The molecular formula is C21H23IN4O2. The van der Waals surface area contributed by atoms with Gasteiger partial charge in [-0.2, -0.15) is 0 Å². The van der Waals surface area contributed by atoms with Crippen LogP contribution in [0.25, 0.3) is 0 Å². The molecule has 0 saturated heterocycles. The van der Waals surface area contributed by atoms with Crippen LogP contribution >= 0.6 is 24.0 Å². The predicted molar refractivity (Wildman–Crippen MR) is 122 cm³/mol. The highest BCUT2D eigenvalue weighted by molar-refractivity contribution is 14.0. The highest BCUT2D eigenvalue weighted by atomic mass is 127. The first-order chi connectivity index (χ1) is 13.2. The smallest absolute Gasteiger partial charge is 0.218 e. The molecule has 1 aromatic heterocycles. The molecule has 0 bridgehead atoms. The van der Waals surface area contributed by atoms with Crippen molar-refractivity contribution >= 4 is 35.6 Å². The molecule has 28 heavy (non-hydrogen) atoms. The second kappa shape index (κ2) is 11.1. The van der Waals surface area contributed by atoms with Crippen LogP contribution in [0, 0.1) is 0 Å². The molecule has 0 spiro atoms. The molecule has 0 atom stereocenters. The highest BCUT2D eigenvalue weighted by Crippen LogP contribution is 2.18. The largest absolute Gasteiger partial charge is 0.497 e. The molecule has 0 aliphatic heterocycles. The number of nitrogens with zero attached hydrogens (tertiary/aromatic N) is 2. The van der Waals surface area contributed by atoms with Gasteiger partial charge in [-0.1, -0.05) is 36.4 Å². The van der Waals surface area contributed by atoms with E-state index in [0.717, 1.165) is 22.6 Å². The minimum atomic E-state index is 0. The molecule has 146 valence electrons. The second-order valence-corrected chi connectivity index (χ2v) is 5.80. The van der Waals surface area contributed by atoms with Crippen LogP contribution in [-0.2, 0) is 13.2 Å². The van der Waals surface area contributed by atoms with Gasteiger partial charge in [0.1, 0.15) is 12.4 Å². The maximum atomic E-state index is 5.99. The van der Waals surface area contributed by atoms with Crippen molar-refractivity contribution in [3.05, 3.63) is 84.1 Å². The Morgan fingerprint density at radius 1 is 1.04 bits per heavy atom. The van der Waals surface area contributed by atoms with Gasteiger partial charge < -0.3 is 20.5 Å². The molecule has 0 fully saturated rings. The quantitative estimate of drug-likeness (QED) is 0.295. The van der Waals surface area contributed by atoms with Gasteiger partial charge >= 0.3 is 0 Å². The zero-order chi connectivity index (χ0) is 18.9. The van der Waals surface area contributed by atoms with Gasteiger partial charge in [-0.3, -0.25) is 0 Å². The van der Waals surface area contributed by atoms with E-state index in [0.29, 0.717) is 25.0 Å². The van der Waals surface area contributed by atoms with Crippen LogP contribution in [0.1, 0.15) is 11.1 Å². The average molecular weight is 490 g/mol. The number of nitrogens with two attached hydrogens (primary N) is 1. The summed E-state index contributed by atoms with van der Waals surface area (Å²) in [6.07, 6.45) is 1.70. The van der Waals surface area contributed by atoms with Gasteiger partial charge in [0.2, 0.25) is 5.88 Å². The van der Waals surface area contributed by atoms with Crippen molar-refractivity contribution < 1.29 is 9.47 Å². The molecule has 3 rings (SSSR count). The van der Waals surface area contributed by atoms with Crippen LogP contribution in [0.5, 0.6) is 11.6 Å². The number of aliphatic imine (C=N–C) groups is 1. The summed E-state index contributed by atoms with van der Waals surface area (Å²) < 4.78 is 11.0. The van der Waals surface area contributed by atoms with Crippen LogP contribution in [0.2, 0.25) is 0 Å². The van der Waals surface area contributed by atoms with Gasteiger partial charge in [0, 0.05) is 17.4 Å². The maximum absolute atomic E-state index is 5.99. The van der Waals surface area contributed by atoms with E-state index in [9.17, 15) is 0 Å². The Labute approximate surface area is 181 Å². The lowest BCUT2D eigenvalue weighted by molar-refractivity contribution is 0.290. The number of methoxy groups -OCH3 is 1. The molecule has 0 amide bonds. The lowest BCUT2D eigenvalue weighted by Gasteiger charge is -2.10. The number of anilines is 1. The number of nitrogens with one attached hydrogen (secondary N) is 1. The molecule has 1 heterocycles. The highest BCUT2D eigenvalue weighted by Gasteiger charge is 2.05. The number of ether oxygens (including phenoxy) is 2. The van der Waals surface area contributed by atoms with E-state index in [1.54, 1.807) is 13.3 Å². The molecule has 0 radical (unpaired) electrons. The monoisotopic (exact) mass is 490 g/mol. The Balaban J connectivity index is 0.00000280. The Morgan fingerprint density at radius 3 is 2.50 bits per heavy atom. The van der Waals surface area contributed by atoms with Crippen LogP contribution in [0.4, 0.5) is 5.69 Å². The van der Waals surface area contributed by atoms with Gasteiger partial charge in [-0.05, 0) is 35.9 Å². The summed E-state index contributed by atoms with van der Waals surface area (Å²) in [6.45, 7) is 0.821. The van der Waals surface area contributed by atoms with Gasteiger partial charge in [0.05, 0.1) is 13.7 Å². The summed E-state index contributed by atoms with van der Waals surface area (Å²) in [4.78, 5) is 8.69. The summed E-state index contributed by atoms with van der Waals surface area (Å²) in [5, 5.41) is 3.05.